The van der Waals surface area contributed by atoms with Gasteiger partial charge in [0.25, 0.3) is 0 Å². The molecule has 0 saturated heterocycles. The second-order valence-corrected chi connectivity index (χ2v) is 5.77. The predicted octanol–water partition coefficient (Wildman–Crippen LogP) is 1.90. The van der Waals surface area contributed by atoms with E-state index in [1.807, 2.05) is 6.92 Å². The Morgan fingerprint density at radius 2 is 2.19 bits per heavy atom. The maximum Gasteiger partial charge on any atom is 0.330 e. The molecule has 0 aliphatic heterocycles. The van der Waals surface area contributed by atoms with E-state index in [0.29, 0.717) is 0 Å². The Morgan fingerprint density at radius 1 is 1.56 bits per heavy atom. The number of rotatable bonds is 2. The van der Waals surface area contributed by atoms with Gasteiger partial charge in [0.05, 0.1) is 6.10 Å². The molecule has 90 valence electrons. The highest BCUT2D eigenvalue weighted by Gasteiger charge is 2.76. The summed E-state index contributed by atoms with van der Waals surface area (Å²) < 4.78 is 5.57. The number of hydrogen-bond donors (Lipinski definition) is 1. The second-order valence-electron chi connectivity index (χ2n) is 5.77. The summed E-state index contributed by atoms with van der Waals surface area (Å²) in [6, 6.07) is 0. The third-order valence-electron chi connectivity index (χ3n) is 4.65. The molecule has 0 aromatic carbocycles. The van der Waals surface area contributed by atoms with Crippen molar-refractivity contribution in [2.75, 3.05) is 0 Å². The van der Waals surface area contributed by atoms with Gasteiger partial charge in [0.15, 0.2) is 0 Å². The molecule has 0 radical (unpaired) electrons. The van der Waals surface area contributed by atoms with Crippen LogP contribution in [0.2, 0.25) is 0 Å². The lowest BCUT2D eigenvalue weighted by molar-refractivity contribution is -0.151. The molecule has 0 bridgehead atoms. The summed E-state index contributed by atoms with van der Waals surface area (Å²) >= 11 is 0. The molecule has 2 fully saturated rings. The van der Waals surface area contributed by atoms with Crippen LogP contribution in [0.25, 0.3) is 0 Å². The first kappa shape index (κ1) is 11.6. The van der Waals surface area contributed by atoms with Crippen molar-refractivity contribution in [2.45, 2.75) is 45.3 Å². The Bertz CT molecular complexity index is 334. The van der Waals surface area contributed by atoms with Crippen molar-refractivity contribution in [2.24, 2.45) is 17.3 Å². The molecule has 3 heteroatoms. The minimum Gasteiger partial charge on any atom is -0.455 e. The van der Waals surface area contributed by atoms with Crippen molar-refractivity contribution in [1.29, 1.82) is 0 Å². The first-order chi connectivity index (χ1) is 7.35. The van der Waals surface area contributed by atoms with E-state index >= 15 is 0 Å². The normalized spacial score (nSPS) is 44.4. The van der Waals surface area contributed by atoms with Gasteiger partial charge in [0, 0.05) is 17.4 Å². The molecule has 1 N–H and O–H groups in total. The van der Waals surface area contributed by atoms with Gasteiger partial charge in [-0.15, -0.1) is 0 Å². The number of fused-ring (bicyclic) bond motifs is 1. The summed E-state index contributed by atoms with van der Waals surface area (Å²) in [4.78, 5) is 11.4. The fourth-order valence-corrected chi connectivity index (χ4v) is 3.37. The molecular weight excluding hydrogens is 204 g/mol. The van der Waals surface area contributed by atoms with Crippen LogP contribution in [-0.4, -0.2) is 22.8 Å². The number of aliphatic hydroxyl groups excluding tert-OH is 1. The minimum atomic E-state index is -0.364. The lowest BCUT2D eigenvalue weighted by atomic mass is 9.86. The van der Waals surface area contributed by atoms with Gasteiger partial charge < -0.3 is 9.84 Å². The van der Waals surface area contributed by atoms with Crippen molar-refractivity contribution in [3.8, 4) is 0 Å². The van der Waals surface area contributed by atoms with Crippen molar-refractivity contribution in [3.63, 3.8) is 0 Å². The Kier molecular flexibility index (Phi) is 2.42. The smallest absolute Gasteiger partial charge is 0.330 e. The Labute approximate surface area is 96.5 Å². The molecule has 0 amide bonds. The van der Waals surface area contributed by atoms with E-state index < -0.39 is 0 Å². The highest BCUT2D eigenvalue weighted by Crippen LogP contribution is 2.70. The summed E-state index contributed by atoms with van der Waals surface area (Å²) in [7, 11) is 0. The zero-order chi connectivity index (χ0) is 12.1. The van der Waals surface area contributed by atoms with Gasteiger partial charge in [-0.1, -0.05) is 27.4 Å². The topological polar surface area (TPSA) is 46.5 Å². The van der Waals surface area contributed by atoms with Crippen LogP contribution in [-0.2, 0) is 9.53 Å². The van der Waals surface area contributed by atoms with E-state index in [2.05, 4.69) is 20.4 Å². The third kappa shape index (κ3) is 1.34. The molecule has 0 aromatic rings. The van der Waals surface area contributed by atoms with E-state index in [4.69, 9.17) is 4.74 Å². The summed E-state index contributed by atoms with van der Waals surface area (Å²) in [5, 5.41) is 9.85. The lowest BCUT2D eigenvalue weighted by Crippen LogP contribution is -2.35. The fourth-order valence-electron chi connectivity index (χ4n) is 3.37. The zero-order valence-electron chi connectivity index (χ0n) is 10.2. The molecule has 4 unspecified atom stereocenters. The Balaban J connectivity index is 2.20. The second kappa shape index (κ2) is 3.33. The molecule has 3 nitrogen and oxygen atoms in total. The third-order valence-corrected chi connectivity index (χ3v) is 4.65. The van der Waals surface area contributed by atoms with Crippen molar-refractivity contribution in [3.05, 3.63) is 12.7 Å². The molecular formula is C13H20O3. The van der Waals surface area contributed by atoms with E-state index in [1.54, 1.807) is 0 Å². The summed E-state index contributed by atoms with van der Waals surface area (Å²) in [6.07, 6.45) is 2.45. The molecule has 4 atom stereocenters. The molecule has 0 heterocycles. The Hall–Kier alpha value is -0.830. The average Bonchev–Trinajstić information content (AvgIpc) is 2.64. The maximum atomic E-state index is 11.4. The van der Waals surface area contributed by atoms with Crippen LogP contribution < -0.4 is 0 Å². The Morgan fingerprint density at radius 3 is 2.75 bits per heavy atom. The lowest BCUT2D eigenvalue weighted by Gasteiger charge is -2.30. The van der Waals surface area contributed by atoms with E-state index in [0.717, 1.165) is 12.8 Å². The number of aliphatic hydroxyl groups is 1. The van der Waals surface area contributed by atoms with Crippen LogP contribution in [0, 0.1) is 17.3 Å². The molecule has 2 aliphatic rings. The SMILES string of the molecule is C=CC(=O)OC12CC(C)C(O)CC1C2(C)C. The highest BCUT2D eigenvalue weighted by molar-refractivity contribution is 5.82. The molecule has 2 rings (SSSR count). The van der Waals surface area contributed by atoms with Gasteiger partial charge in [-0.05, 0) is 18.8 Å². The number of hydrogen-bond acceptors (Lipinski definition) is 3. The number of carbonyl (C=O) groups excluding carboxylic acids is 1. The first-order valence-corrected chi connectivity index (χ1v) is 5.88. The van der Waals surface area contributed by atoms with Crippen molar-refractivity contribution >= 4 is 5.97 Å². The molecule has 2 saturated carbocycles. The van der Waals surface area contributed by atoms with Gasteiger partial charge in [-0.25, -0.2) is 4.79 Å². The monoisotopic (exact) mass is 224 g/mol. The van der Waals surface area contributed by atoms with E-state index in [-0.39, 0.29) is 34.9 Å². The number of carbonyl (C=O) groups is 1. The van der Waals surface area contributed by atoms with Crippen LogP contribution in [0.5, 0.6) is 0 Å². The standard InChI is InChI=1S/C13H20O3/c1-5-11(15)16-13-7-8(2)9(14)6-10(13)12(13,3)4/h5,8-10,14H,1,6-7H2,2-4H3. The van der Waals surface area contributed by atoms with Gasteiger partial charge in [-0.2, -0.15) is 0 Å². The van der Waals surface area contributed by atoms with Crippen LogP contribution in [0.3, 0.4) is 0 Å². The molecule has 2 aliphatic carbocycles. The van der Waals surface area contributed by atoms with E-state index in [9.17, 15) is 9.90 Å². The van der Waals surface area contributed by atoms with Gasteiger partial charge >= 0.3 is 5.97 Å². The van der Waals surface area contributed by atoms with Crippen LogP contribution in [0.4, 0.5) is 0 Å². The molecule has 16 heavy (non-hydrogen) atoms. The first-order valence-electron chi connectivity index (χ1n) is 5.88. The van der Waals surface area contributed by atoms with Gasteiger partial charge in [0.2, 0.25) is 0 Å². The van der Waals surface area contributed by atoms with Crippen LogP contribution in [0.1, 0.15) is 33.6 Å². The summed E-state index contributed by atoms with van der Waals surface area (Å²) in [5.74, 6) is 0.130. The summed E-state index contributed by atoms with van der Waals surface area (Å²) in [5.41, 5.74) is -0.381. The van der Waals surface area contributed by atoms with Gasteiger partial charge in [-0.3, -0.25) is 0 Å². The average molecular weight is 224 g/mol. The predicted molar refractivity (Wildman–Crippen MR) is 60.7 cm³/mol. The highest BCUT2D eigenvalue weighted by atomic mass is 16.6. The number of ether oxygens (including phenoxy) is 1. The number of esters is 1. The quantitative estimate of drug-likeness (QED) is 0.575. The van der Waals surface area contributed by atoms with Crippen molar-refractivity contribution < 1.29 is 14.6 Å². The van der Waals surface area contributed by atoms with Crippen LogP contribution in [0.15, 0.2) is 12.7 Å². The van der Waals surface area contributed by atoms with Crippen LogP contribution >= 0.6 is 0 Å². The largest absolute Gasteiger partial charge is 0.455 e. The van der Waals surface area contributed by atoms with E-state index in [1.165, 1.54) is 6.08 Å². The summed E-state index contributed by atoms with van der Waals surface area (Å²) in [6.45, 7) is 9.67. The fraction of sp³-hybridized carbons (Fsp3) is 0.769. The van der Waals surface area contributed by atoms with Crippen molar-refractivity contribution in [1.82, 2.24) is 0 Å². The molecule has 0 aromatic heterocycles. The maximum absolute atomic E-state index is 11.4. The van der Waals surface area contributed by atoms with Gasteiger partial charge in [0.1, 0.15) is 5.60 Å². The zero-order valence-corrected chi connectivity index (χ0v) is 10.2. The molecule has 0 spiro atoms. The minimum absolute atomic E-state index is 0.0165.